The molecule has 0 amide bonds. The Hall–Kier alpha value is 1.46. The topological polar surface area (TPSA) is 26.0 Å². The fraction of sp³-hybridized carbons (Fsp3) is 1.00. The molecule has 1 unspecified atom stereocenters. The Morgan fingerprint density at radius 2 is 1.67 bits per heavy atom. The fourth-order valence-electron chi connectivity index (χ4n) is 0.507. The third-order valence-corrected chi connectivity index (χ3v) is 4.29. The molecule has 0 aromatic rings. The third-order valence-electron chi connectivity index (χ3n) is 1.03. The van der Waals surface area contributed by atoms with Gasteiger partial charge in [0, 0.05) is 0 Å². The van der Waals surface area contributed by atoms with Gasteiger partial charge in [0.15, 0.2) is 0 Å². The first-order valence-corrected chi connectivity index (χ1v) is 9.72. The summed E-state index contributed by atoms with van der Waals surface area (Å²) in [4.78, 5) is 0. The van der Waals surface area contributed by atoms with Gasteiger partial charge in [-0.2, -0.15) is 12.5 Å². The number of hydrogen-bond donors (Lipinski definition) is 1. The molecule has 1 atom stereocenters. The minimum absolute atomic E-state index is 0.0669. The van der Waals surface area contributed by atoms with Crippen LogP contribution >= 0.6 is 0 Å². The molecule has 0 aliphatic carbocycles. The van der Waals surface area contributed by atoms with Gasteiger partial charge in [-0.15, -0.1) is 0 Å². The summed E-state index contributed by atoms with van der Waals surface area (Å²) in [5, 5.41) is 0. The van der Waals surface area contributed by atoms with E-state index in [1.807, 2.05) is 0 Å². The number of rotatable bonds is 4. The van der Waals surface area contributed by atoms with Gasteiger partial charge in [0.2, 0.25) is 0 Å². The maximum atomic E-state index is 5.56. The minimum Gasteiger partial charge on any atom is -0.796 e. The quantitative estimate of drug-likeness (QED) is 0.485. The van der Waals surface area contributed by atoms with Gasteiger partial charge in [-0.3, -0.25) is 0 Å². The van der Waals surface area contributed by atoms with Crippen LogP contribution in [0.5, 0.6) is 0 Å². The van der Waals surface area contributed by atoms with Crippen molar-refractivity contribution < 1.29 is 0 Å². The molecule has 2 N–H and O–H groups in total. The van der Waals surface area contributed by atoms with Gasteiger partial charge in [0.05, 0.1) is 0 Å². The molecule has 0 aromatic heterocycles. The molecule has 1 nitrogen and oxygen atoms in total. The molecule has 0 fully saturated rings. The molecule has 0 spiro atoms. The first-order valence-electron chi connectivity index (χ1n) is 4.05. The van der Waals surface area contributed by atoms with Crippen LogP contribution in [-0.2, 0) is 25.3 Å². The van der Waals surface area contributed by atoms with E-state index >= 15 is 0 Å². The average Bonchev–Trinajstić information content (AvgIpc) is 2.12. The van der Waals surface area contributed by atoms with Gasteiger partial charge >= 0.3 is 62.1 Å². The van der Waals surface area contributed by atoms with Crippen LogP contribution in [0.4, 0.5) is 0 Å². The monoisotopic (exact) mass is 315 g/mol. The van der Waals surface area contributed by atoms with Crippen LogP contribution in [0.15, 0.2) is 0 Å². The maximum Gasteiger partial charge on any atom is -0.189 e. The Balaban J connectivity index is -0.000000175. The van der Waals surface area contributed by atoms with Crippen molar-refractivity contribution in [2.75, 3.05) is 12.5 Å². The molecule has 0 aromatic carbocycles. The van der Waals surface area contributed by atoms with E-state index in [1.165, 1.54) is 15.3 Å². The van der Waals surface area contributed by atoms with E-state index in [-0.39, 0.29) is 21.1 Å². The molecule has 12 heavy (non-hydrogen) atoms. The van der Waals surface area contributed by atoms with Crippen LogP contribution in [0.3, 0.4) is 0 Å². The van der Waals surface area contributed by atoms with E-state index in [2.05, 4.69) is 39.1 Å². The maximum absolute atomic E-state index is 5.56. The average molecular weight is 314 g/mol. The van der Waals surface area contributed by atoms with Gasteiger partial charge in [0.1, 0.15) is 0 Å². The molecular weight excluding hydrogens is 293 g/mol. The van der Waals surface area contributed by atoms with Crippen LogP contribution in [0.1, 0.15) is 20.3 Å². The van der Waals surface area contributed by atoms with Gasteiger partial charge in [-0.1, -0.05) is 0 Å². The first kappa shape index (κ1) is 19.1. The van der Waals surface area contributed by atoms with Gasteiger partial charge in [-0.25, -0.2) is 0 Å². The van der Waals surface area contributed by atoms with Gasteiger partial charge in [-0.05, 0) is 0 Å². The second-order valence-corrected chi connectivity index (χ2v) is 6.99. The standard InChI is InChI=1S/C4H10N.C2H5.2CH4S.Sn/c1-3-4(2)5;3*1-2;/h4H,1,3,5H2,2H3;1H2,2H3;2*2H,1H3;/q;;;;+2/p-2. The predicted octanol–water partition coefficient (Wildman–Crippen LogP) is 1.61. The predicted molar refractivity (Wildman–Crippen MR) is 65.9 cm³/mol. The SMILES string of the molecule is C[CH2][Sn+2][CH2]CC(C)N.C[S-].C[S-]. The smallest absolute Gasteiger partial charge is 0.189 e. The van der Waals surface area contributed by atoms with Gasteiger partial charge < -0.3 is 25.3 Å². The summed E-state index contributed by atoms with van der Waals surface area (Å²) in [6.45, 7) is 4.38. The normalized spacial score (nSPS) is 9.58. The Labute approximate surface area is 99.3 Å². The summed E-state index contributed by atoms with van der Waals surface area (Å²) in [6, 6.07) is 0.447. The molecule has 0 aliphatic heterocycles. The zero-order chi connectivity index (χ0) is 10.4. The molecule has 0 aliphatic rings. The minimum atomic E-state index is 0.0669. The molecule has 4 heteroatoms. The van der Waals surface area contributed by atoms with E-state index in [1.54, 1.807) is 12.5 Å². The molecule has 0 radical (unpaired) electrons. The Kier molecular flexibility index (Phi) is 36.4. The Bertz CT molecular complexity index is 54.3. The van der Waals surface area contributed by atoms with Crippen molar-refractivity contribution in [3.05, 3.63) is 0 Å². The second kappa shape index (κ2) is 22.9. The third kappa shape index (κ3) is 30.0. The van der Waals surface area contributed by atoms with Crippen molar-refractivity contribution in [2.24, 2.45) is 5.73 Å². The molecular formula is C8H21NS2Sn. The van der Waals surface area contributed by atoms with Crippen molar-refractivity contribution in [1.82, 2.24) is 0 Å². The van der Waals surface area contributed by atoms with Crippen molar-refractivity contribution in [2.45, 2.75) is 35.2 Å². The van der Waals surface area contributed by atoms with E-state index in [9.17, 15) is 0 Å². The van der Waals surface area contributed by atoms with Crippen molar-refractivity contribution in [3.63, 3.8) is 0 Å². The summed E-state index contributed by atoms with van der Waals surface area (Å²) in [7, 11) is 0. The molecule has 0 rings (SSSR count). The summed E-state index contributed by atoms with van der Waals surface area (Å²) in [5.74, 6) is 0. The zero-order valence-corrected chi connectivity index (χ0v) is 13.1. The second-order valence-electron chi connectivity index (χ2n) is 2.12. The molecule has 0 saturated carbocycles. The van der Waals surface area contributed by atoms with Crippen LogP contribution in [0, 0.1) is 0 Å². The van der Waals surface area contributed by atoms with E-state index < -0.39 is 0 Å². The fourth-order valence-corrected chi connectivity index (χ4v) is 3.40. The molecule has 0 saturated heterocycles. The van der Waals surface area contributed by atoms with Crippen molar-refractivity contribution >= 4 is 46.4 Å². The largest absolute Gasteiger partial charge is 0.796 e. The van der Waals surface area contributed by atoms with Crippen LogP contribution in [0.2, 0.25) is 8.87 Å². The van der Waals surface area contributed by atoms with Crippen LogP contribution in [-0.4, -0.2) is 39.7 Å². The van der Waals surface area contributed by atoms with E-state index in [4.69, 9.17) is 5.73 Å². The van der Waals surface area contributed by atoms with Crippen molar-refractivity contribution in [3.8, 4) is 0 Å². The van der Waals surface area contributed by atoms with Crippen molar-refractivity contribution in [1.29, 1.82) is 0 Å². The number of hydrogen-bond acceptors (Lipinski definition) is 3. The summed E-state index contributed by atoms with van der Waals surface area (Å²) in [5.41, 5.74) is 5.56. The van der Waals surface area contributed by atoms with E-state index in [0.717, 1.165) is 0 Å². The summed E-state index contributed by atoms with van der Waals surface area (Å²) >= 11 is 8.23. The summed E-state index contributed by atoms with van der Waals surface area (Å²) < 4.78 is 2.94. The number of nitrogens with two attached hydrogens (primary N) is 1. The van der Waals surface area contributed by atoms with Crippen LogP contribution in [0.25, 0.3) is 0 Å². The van der Waals surface area contributed by atoms with Gasteiger partial charge in [0.25, 0.3) is 0 Å². The molecule has 0 heterocycles. The summed E-state index contributed by atoms with van der Waals surface area (Å²) in [6.07, 6.45) is 4.43. The zero-order valence-electron chi connectivity index (χ0n) is 8.59. The van der Waals surface area contributed by atoms with Crippen LogP contribution < -0.4 is 5.73 Å². The Morgan fingerprint density at radius 3 is 1.92 bits per heavy atom. The molecule has 74 valence electrons. The Morgan fingerprint density at radius 1 is 1.25 bits per heavy atom. The molecule has 0 bridgehead atoms. The first-order chi connectivity index (χ1) is 5.77. The van der Waals surface area contributed by atoms with E-state index in [0.29, 0.717) is 6.04 Å².